The van der Waals surface area contributed by atoms with Gasteiger partial charge in [0.15, 0.2) is 5.17 Å². The zero-order chi connectivity index (χ0) is 24.2. The first-order valence-corrected chi connectivity index (χ1v) is 13.4. The molecule has 1 aliphatic heterocycles. The minimum atomic E-state index is -3.85. The fourth-order valence-electron chi connectivity index (χ4n) is 3.57. The van der Waals surface area contributed by atoms with Crippen molar-refractivity contribution in [1.29, 1.82) is 0 Å². The molecule has 0 unspecified atom stereocenters. The maximum Gasteiger partial charge on any atom is 0.259 e. The monoisotopic (exact) mass is 489 g/mol. The number of aliphatic imine (C=N–C) groups is 1. The van der Waals surface area contributed by atoms with Crippen LogP contribution in [0.25, 0.3) is 0 Å². The normalized spacial score (nSPS) is 16.0. The fourth-order valence-corrected chi connectivity index (χ4v) is 5.97. The maximum absolute atomic E-state index is 13.5. The van der Waals surface area contributed by atoms with Crippen LogP contribution in [0.3, 0.4) is 0 Å². The molecule has 3 rings (SSSR count). The van der Waals surface area contributed by atoms with Crippen LogP contribution in [0.5, 0.6) is 5.75 Å². The summed E-state index contributed by atoms with van der Waals surface area (Å²) in [5, 5.41) is 0.625. The number of ether oxygens (including phenoxy) is 1. The molecule has 0 atom stereocenters. The first-order valence-electron chi connectivity index (χ1n) is 11.0. The van der Waals surface area contributed by atoms with Crippen molar-refractivity contribution >= 4 is 38.5 Å². The highest BCUT2D eigenvalue weighted by Gasteiger charge is 2.28. The number of hydrogen-bond acceptors (Lipinski definition) is 6. The van der Waals surface area contributed by atoms with Gasteiger partial charge in [0, 0.05) is 23.9 Å². The number of amidine groups is 1. The summed E-state index contributed by atoms with van der Waals surface area (Å²) >= 11 is 1.54. The topological polar surface area (TPSA) is 88.1 Å². The number of carbonyl (C=O) groups excluding carboxylic acids is 1. The summed E-state index contributed by atoms with van der Waals surface area (Å²) in [6.07, 6.45) is 0.831. The minimum absolute atomic E-state index is 0.0575. The Morgan fingerprint density at radius 2 is 1.88 bits per heavy atom. The molecule has 0 aromatic heterocycles. The number of methoxy groups -OCH3 is 1. The number of hydrogen-bond donors (Lipinski definition) is 1. The number of nitrogens with one attached hydrogen (secondary N) is 1. The van der Waals surface area contributed by atoms with Crippen molar-refractivity contribution in [2.24, 2.45) is 4.99 Å². The molecule has 0 saturated carbocycles. The van der Waals surface area contributed by atoms with Crippen molar-refractivity contribution in [2.75, 3.05) is 19.4 Å². The van der Waals surface area contributed by atoms with Gasteiger partial charge < -0.3 is 4.74 Å². The molecule has 7 nitrogen and oxygen atoms in total. The van der Waals surface area contributed by atoms with Crippen molar-refractivity contribution in [1.82, 2.24) is 9.62 Å². The zero-order valence-electron chi connectivity index (χ0n) is 19.7. The highest BCUT2D eigenvalue weighted by Crippen LogP contribution is 2.31. The van der Waals surface area contributed by atoms with E-state index in [4.69, 9.17) is 9.73 Å². The van der Waals surface area contributed by atoms with Crippen LogP contribution in [0, 0.1) is 0 Å². The second-order valence-corrected chi connectivity index (χ2v) is 11.2. The average Bonchev–Trinajstić information content (AvgIpc) is 2.78. The van der Waals surface area contributed by atoms with Crippen molar-refractivity contribution in [2.45, 2.75) is 51.0 Å². The molecule has 9 heteroatoms. The predicted octanol–water partition coefficient (Wildman–Crippen LogP) is 4.77. The second kappa shape index (κ2) is 10.7. The second-order valence-electron chi connectivity index (χ2n) is 8.41. The van der Waals surface area contributed by atoms with Gasteiger partial charge in [-0.3, -0.25) is 9.69 Å². The lowest BCUT2D eigenvalue weighted by Crippen LogP contribution is -2.39. The third kappa shape index (κ3) is 5.96. The Morgan fingerprint density at radius 1 is 1.15 bits per heavy atom. The first kappa shape index (κ1) is 25.3. The van der Waals surface area contributed by atoms with Gasteiger partial charge in [-0.2, -0.15) is 0 Å². The fraction of sp³-hybridized carbons (Fsp3) is 0.417. The summed E-state index contributed by atoms with van der Waals surface area (Å²) in [7, 11) is -2.44. The zero-order valence-corrected chi connectivity index (χ0v) is 21.3. The number of carbonyl (C=O) groups is 1. The quantitative estimate of drug-likeness (QED) is 0.605. The van der Waals surface area contributed by atoms with Gasteiger partial charge in [-0.25, -0.2) is 18.1 Å². The molecule has 1 amide bonds. The van der Waals surface area contributed by atoms with Gasteiger partial charge >= 0.3 is 0 Å². The molecule has 33 heavy (non-hydrogen) atoms. The maximum atomic E-state index is 13.5. The largest absolute Gasteiger partial charge is 0.495 e. The lowest BCUT2D eigenvalue weighted by molar-refractivity contribution is 0.0849. The molecule has 2 aromatic carbocycles. The van der Waals surface area contributed by atoms with Crippen LogP contribution < -0.4 is 9.46 Å². The number of sulfonamides is 1. The van der Waals surface area contributed by atoms with E-state index in [0.717, 1.165) is 23.4 Å². The van der Waals surface area contributed by atoms with Crippen LogP contribution in [0.15, 0.2) is 52.4 Å². The molecule has 0 bridgehead atoms. The molecule has 1 heterocycles. The van der Waals surface area contributed by atoms with E-state index in [0.29, 0.717) is 17.6 Å². The summed E-state index contributed by atoms with van der Waals surface area (Å²) in [4.78, 5) is 19.9. The number of benzene rings is 2. The van der Waals surface area contributed by atoms with Gasteiger partial charge in [0.25, 0.3) is 5.91 Å². The average molecular weight is 490 g/mol. The molecule has 1 N–H and O–H groups in total. The molecular formula is C24H31N3O4S2. The first-order chi connectivity index (χ1) is 15.6. The van der Waals surface area contributed by atoms with E-state index in [1.807, 2.05) is 24.3 Å². The van der Waals surface area contributed by atoms with Gasteiger partial charge in [-0.1, -0.05) is 43.8 Å². The van der Waals surface area contributed by atoms with Crippen LogP contribution in [0.4, 0.5) is 5.69 Å². The summed E-state index contributed by atoms with van der Waals surface area (Å²) in [5.74, 6) is 1.07. The summed E-state index contributed by atoms with van der Waals surface area (Å²) < 4.78 is 33.5. The van der Waals surface area contributed by atoms with Crippen LogP contribution in [-0.4, -0.2) is 49.8 Å². The number of rotatable bonds is 7. The Bertz CT molecular complexity index is 1140. The van der Waals surface area contributed by atoms with Crippen molar-refractivity contribution in [3.63, 3.8) is 0 Å². The number of nitrogens with zero attached hydrogens (tertiary/aromatic N) is 2. The summed E-state index contributed by atoms with van der Waals surface area (Å²) in [6.45, 7) is 8.22. The van der Waals surface area contributed by atoms with Crippen molar-refractivity contribution in [3.05, 3.63) is 53.6 Å². The van der Waals surface area contributed by atoms with Crippen molar-refractivity contribution < 1.29 is 17.9 Å². The van der Waals surface area contributed by atoms with Crippen LogP contribution >= 0.6 is 11.8 Å². The van der Waals surface area contributed by atoms with Crippen LogP contribution in [0.1, 0.15) is 56.0 Å². The molecule has 1 saturated heterocycles. The Kier molecular flexibility index (Phi) is 8.20. The molecule has 1 aliphatic rings. The van der Waals surface area contributed by atoms with Crippen LogP contribution in [0.2, 0.25) is 0 Å². The smallest absolute Gasteiger partial charge is 0.259 e. The van der Waals surface area contributed by atoms with E-state index < -0.39 is 10.0 Å². The molecule has 2 aromatic rings. The van der Waals surface area contributed by atoms with E-state index in [9.17, 15) is 13.2 Å². The highest BCUT2D eigenvalue weighted by atomic mass is 32.2. The lowest BCUT2D eigenvalue weighted by atomic mass is 10.0. The van der Waals surface area contributed by atoms with E-state index in [1.54, 1.807) is 24.8 Å². The summed E-state index contributed by atoms with van der Waals surface area (Å²) in [5.41, 5.74) is 2.22. The Labute approximate surface area is 200 Å². The summed E-state index contributed by atoms with van der Waals surface area (Å²) in [6, 6.07) is 12.1. The van der Waals surface area contributed by atoms with E-state index >= 15 is 0 Å². The third-order valence-electron chi connectivity index (χ3n) is 5.10. The molecule has 0 aliphatic carbocycles. The lowest BCUT2D eigenvalue weighted by Gasteiger charge is -2.28. The van der Waals surface area contributed by atoms with Crippen LogP contribution in [-0.2, 0) is 10.0 Å². The van der Waals surface area contributed by atoms with E-state index in [-0.39, 0.29) is 28.2 Å². The molecule has 1 fully saturated rings. The highest BCUT2D eigenvalue weighted by molar-refractivity contribution is 8.13. The van der Waals surface area contributed by atoms with Gasteiger partial charge in [-0.05, 0) is 56.0 Å². The van der Waals surface area contributed by atoms with Crippen molar-refractivity contribution in [3.8, 4) is 5.75 Å². The Morgan fingerprint density at radius 3 is 2.55 bits per heavy atom. The van der Waals surface area contributed by atoms with Gasteiger partial charge in [0.1, 0.15) is 10.6 Å². The molecule has 0 radical (unpaired) electrons. The van der Waals surface area contributed by atoms with Gasteiger partial charge in [0.05, 0.1) is 12.8 Å². The van der Waals surface area contributed by atoms with Gasteiger partial charge in [0.2, 0.25) is 10.0 Å². The predicted molar refractivity (Wildman–Crippen MR) is 134 cm³/mol. The number of amides is 1. The van der Waals surface area contributed by atoms with E-state index in [1.165, 1.54) is 31.0 Å². The number of thioether (sulfide) groups is 1. The Balaban J connectivity index is 2.01. The number of para-hydroxylation sites is 1. The van der Waals surface area contributed by atoms with E-state index in [2.05, 4.69) is 18.6 Å². The molecule has 0 spiro atoms. The Hall–Kier alpha value is -2.36. The standard InChI is InChI=1S/C24H31N3O4S2/c1-16(2)19-9-6-7-10-20(19)25-24-27(13-8-14-32-24)23(28)18-11-12-21(31-5)22(15-18)33(29,30)26-17(3)4/h6-7,9-12,15-17,26H,8,13-14H2,1-5H3. The third-order valence-corrected chi connectivity index (χ3v) is 7.84. The minimum Gasteiger partial charge on any atom is -0.495 e. The van der Waals surface area contributed by atoms with Gasteiger partial charge in [-0.15, -0.1) is 0 Å². The molecule has 178 valence electrons. The SMILES string of the molecule is COc1ccc(C(=O)N2CCCSC2=Nc2ccccc2C(C)C)cc1S(=O)(=O)NC(C)C. The molecular weight excluding hydrogens is 458 g/mol.